The standard InChI is InChI=1S/C30H35N5O3/c36-27-10-5-4-9-25(27)26-19-23(21-32-34-26)35-17-14-30(15-18-35,38-24-7-2-1-3-8-24)28(37)33-22-11-16-31-29(20-22)12-6-13-29/h1-5,7-10,19,21-22,31,36H,6,11-18,20H2,(H,33,37). The molecule has 1 aromatic heterocycles. The van der Waals surface area contributed by atoms with Crippen LogP contribution in [0.1, 0.15) is 44.9 Å². The molecule has 2 aromatic carbocycles. The molecular formula is C30H35N5O3. The summed E-state index contributed by atoms with van der Waals surface area (Å²) in [5.41, 5.74) is 1.46. The molecule has 3 aromatic rings. The molecular weight excluding hydrogens is 478 g/mol. The number of phenols is 1. The largest absolute Gasteiger partial charge is 0.507 e. The van der Waals surface area contributed by atoms with Gasteiger partial charge in [-0.2, -0.15) is 10.2 Å². The predicted octanol–water partition coefficient (Wildman–Crippen LogP) is 4.06. The Hall–Kier alpha value is -3.65. The van der Waals surface area contributed by atoms with Crippen LogP contribution in [0.2, 0.25) is 0 Å². The minimum atomic E-state index is -0.934. The van der Waals surface area contributed by atoms with Crippen molar-refractivity contribution in [3.63, 3.8) is 0 Å². The molecule has 0 bridgehead atoms. The highest BCUT2D eigenvalue weighted by Gasteiger charge is 2.47. The van der Waals surface area contributed by atoms with E-state index in [1.165, 1.54) is 19.3 Å². The number of rotatable bonds is 6. The first-order valence-corrected chi connectivity index (χ1v) is 13.7. The van der Waals surface area contributed by atoms with Crippen molar-refractivity contribution in [3.05, 3.63) is 66.9 Å². The van der Waals surface area contributed by atoms with Crippen LogP contribution >= 0.6 is 0 Å². The van der Waals surface area contributed by atoms with E-state index in [9.17, 15) is 9.90 Å². The zero-order valence-corrected chi connectivity index (χ0v) is 21.6. The third kappa shape index (κ3) is 4.92. The predicted molar refractivity (Wildman–Crippen MR) is 146 cm³/mol. The molecule has 3 N–H and O–H groups in total. The number of benzene rings is 2. The lowest BCUT2D eigenvalue weighted by molar-refractivity contribution is -0.140. The summed E-state index contributed by atoms with van der Waals surface area (Å²) in [4.78, 5) is 16.1. The molecule has 1 unspecified atom stereocenters. The number of nitrogens with zero attached hydrogens (tertiary/aromatic N) is 3. The van der Waals surface area contributed by atoms with Gasteiger partial charge in [-0.25, -0.2) is 0 Å². The van der Waals surface area contributed by atoms with Crippen LogP contribution in [0.5, 0.6) is 11.5 Å². The van der Waals surface area contributed by atoms with E-state index < -0.39 is 5.60 Å². The van der Waals surface area contributed by atoms with E-state index >= 15 is 0 Å². The molecule has 1 spiro atoms. The molecule has 1 aliphatic carbocycles. The molecule has 2 aliphatic heterocycles. The Morgan fingerprint density at radius 2 is 1.82 bits per heavy atom. The second-order valence-electron chi connectivity index (χ2n) is 10.9. The number of hydrogen-bond acceptors (Lipinski definition) is 7. The monoisotopic (exact) mass is 513 g/mol. The second-order valence-corrected chi connectivity index (χ2v) is 10.9. The molecule has 198 valence electrons. The minimum absolute atomic E-state index is 0.00914. The molecule has 38 heavy (non-hydrogen) atoms. The summed E-state index contributed by atoms with van der Waals surface area (Å²) in [7, 11) is 0. The summed E-state index contributed by atoms with van der Waals surface area (Å²) < 4.78 is 6.52. The third-order valence-electron chi connectivity index (χ3n) is 8.50. The number of ether oxygens (including phenoxy) is 1. The van der Waals surface area contributed by atoms with E-state index in [4.69, 9.17) is 4.74 Å². The van der Waals surface area contributed by atoms with E-state index in [0.717, 1.165) is 25.1 Å². The highest BCUT2D eigenvalue weighted by atomic mass is 16.5. The average Bonchev–Trinajstić information content (AvgIpc) is 2.93. The van der Waals surface area contributed by atoms with Gasteiger partial charge in [0.25, 0.3) is 5.91 Å². The van der Waals surface area contributed by atoms with Crippen molar-refractivity contribution in [3.8, 4) is 22.8 Å². The smallest absolute Gasteiger partial charge is 0.264 e. The van der Waals surface area contributed by atoms with Gasteiger partial charge in [-0.15, -0.1) is 0 Å². The van der Waals surface area contributed by atoms with E-state index in [1.807, 2.05) is 48.5 Å². The van der Waals surface area contributed by atoms with Gasteiger partial charge < -0.3 is 25.4 Å². The van der Waals surface area contributed by atoms with Crippen LogP contribution in [0.3, 0.4) is 0 Å². The number of aromatic hydroxyl groups is 1. The topological polar surface area (TPSA) is 99.6 Å². The van der Waals surface area contributed by atoms with Crippen LogP contribution in [0, 0.1) is 0 Å². The van der Waals surface area contributed by atoms with Crippen LogP contribution in [0.25, 0.3) is 11.3 Å². The van der Waals surface area contributed by atoms with Gasteiger partial charge in [0.1, 0.15) is 11.5 Å². The van der Waals surface area contributed by atoms with Crippen molar-refractivity contribution >= 4 is 11.6 Å². The number of piperidine rings is 2. The number of hydrogen-bond donors (Lipinski definition) is 3. The van der Waals surface area contributed by atoms with Crippen molar-refractivity contribution in [2.75, 3.05) is 24.5 Å². The fourth-order valence-corrected chi connectivity index (χ4v) is 6.15. The summed E-state index contributed by atoms with van der Waals surface area (Å²) >= 11 is 0. The Kier molecular flexibility index (Phi) is 6.66. The lowest BCUT2D eigenvalue weighted by atomic mass is 9.70. The van der Waals surface area contributed by atoms with Crippen LogP contribution in [-0.2, 0) is 4.79 Å². The number of anilines is 1. The molecule has 2 saturated heterocycles. The molecule has 8 nitrogen and oxygen atoms in total. The van der Waals surface area contributed by atoms with Crippen molar-refractivity contribution in [2.45, 2.75) is 62.1 Å². The SMILES string of the molecule is O=C(NC1CCNC2(CCC2)C1)C1(Oc2ccccc2)CCN(c2cnnc(-c3ccccc3O)c2)CC1. The normalized spacial score (nSPS) is 21.9. The number of aromatic nitrogens is 2. The van der Waals surface area contributed by atoms with Crippen molar-refractivity contribution in [1.82, 2.24) is 20.8 Å². The molecule has 1 atom stereocenters. The number of para-hydroxylation sites is 2. The Balaban J connectivity index is 1.19. The summed E-state index contributed by atoms with van der Waals surface area (Å²) in [5, 5.41) is 25.8. The Labute approximate surface area is 223 Å². The van der Waals surface area contributed by atoms with Gasteiger partial charge in [-0.1, -0.05) is 30.3 Å². The molecule has 3 fully saturated rings. The van der Waals surface area contributed by atoms with E-state index in [0.29, 0.717) is 42.9 Å². The maximum Gasteiger partial charge on any atom is 0.264 e. The molecule has 1 saturated carbocycles. The third-order valence-corrected chi connectivity index (χ3v) is 8.50. The average molecular weight is 514 g/mol. The molecule has 0 radical (unpaired) electrons. The van der Waals surface area contributed by atoms with Gasteiger partial charge in [-0.05, 0) is 69.0 Å². The zero-order valence-electron chi connectivity index (χ0n) is 21.6. The Bertz CT molecular complexity index is 1270. The Morgan fingerprint density at radius 3 is 2.55 bits per heavy atom. The summed E-state index contributed by atoms with van der Waals surface area (Å²) in [6.45, 7) is 2.23. The highest BCUT2D eigenvalue weighted by molar-refractivity contribution is 5.86. The van der Waals surface area contributed by atoms with Crippen molar-refractivity contribution in [1.29, 1.82) is 0 Å². The Morgan fingerprint density at radius 1 is 1.05 bits per heavy atom. The second kappa shape index (κ2) is 10.3. The lowest BCUT2D eigenvalue weighted by Gasteiger charge is -2.49. The minimum Gasteiger partial charge on any atom is -0.507 e. The van der Waals surface area contributed by atoms with Crippen LogP contribution in [-0.4, -0.2) is 58.0 Å². The van der Waals surface area contributed by atoms with Crippen LogP contribution in [0.15, 0.2) is 66.9 Å². The quantitative estimate of drug-likeness (QED) is 0.457. The van der Waals surface area contributed by atoms with Gasteiger partial charge in [0.15, 0.2) is 5.60 Å². The van der Waals surface area contributed by atoms with Crippen molar-refractivity contribution in [2.24, 2.45) is 0 Å². The van der Waals surface area contributed by atoms with E-state index in [-0.39, 0.29) is 23.2 Å². The summed E-state index contributed by atoms with van der Waals surface area (Å²) in [6.07, 6.45) is 8.44. The van der Waals surface area contributed by atoms with Gasteiger partial charge in [-0.3, -0.25) is 4.79 Å². The van der Waals surface area contributed by atoms with Crippen LogP contribution < -0.4 is 20.3 Å². The lowest BCUT2D eigenvalue weighted by Crippen LogP contribution is -2.63. The van der Waals surface area contributed by atoms with Gasteiger partial charge in [0.2, 0.25) is 0 Å². The summed E-state index contributed by atoms with van der Waals surface area (Å²) in [6, 6.07) is 18.9. The first-order chi connectivity index (χ1) is 18.5. The first-order valence-electron chi connectivity index (χ1n) is 13.7. The highest BCUT2D eigenvalue weighted by Crippen LogP contribution is 2.39. The van der Waals surface area contributed by atoms with Gasteiger partial charge in [0, 0.05) is 43.1 Å². The zero-order chi connectivity index (χ0) is 26.0. The fraction of sp³-hybridized carbons (Fsp3) is 0.433. The fourth-order valence-electron chi connectivity index (χ4n) is 6.15. The number of phenolic OH excluding ortho intramolecular Hbond substituents is 1. The molecule has 6 rings (SSSR count). The number of carbonyl (C=O) groups excluding carboxylic acids is 1. The van der Waals surface area contributed by atoms with E-state index in [1.54, 1.807) is 18.3 Å². The number of carbonyl (C=O) groups is 1. The molecule has 8 heteroatoms. The maximum atomic E-state index is 13.9. The number of nitrogens with one attached hydrogen (secondary N) is 2. The molecule has 3 heterocycles. The van der Waals surface area contributed by atoms with Crippen LogP contribution in [0.4, 0.5) is 5.69 Å². The summed E-state index contributed by atoms with van der Waals surface area (Å²) in [5.74, 6) is 0.876. The first kappa shape index (κ1) is 24.7. The molecule has 1 amide bonds. The molecule has 3 aliphatic rings. The van der Waals surface area contributed by atoms with E-state index in [2.05, 4.69) is 25.7 Å². The van der Waals surface area contributed by atoms with Gasteiger partial charge in [0.05, 0.1) is 17.6 Å². The van der Waals surface area contributed by atoms with Gasteiger partial charge >= 0.3 is 0 Å². The van der Waals surface area contributed by atoms with Crippen molar-refractivity contribution < 1.29 is 14.6 Å². The number of amides is 1. The maximum absolute atomic E-state index is 13.9.